The SMILES string of the molecule is c1ccc(-c2c(-c3ccccc3)c(-c3ccccc3)c(-c3c(-c4ccccc4)c(-c4ccccc4)c(-c4ccccc4)c(-c4ccccc4)c3-c3c(-c4ccccc4)c(-c4ccccc4)c(-c4ccccc4)c(-c4ccccc4)c3-c3ccccc3)c(-c3ccccc3)c2-c2ccccc2)cc1. The van der Waals surface area contributed by atoms with Crippen molar-refractivity contribution in [2.75, 3.05) is 0 Å². The molecular formula is C102H70. The molecular weight excluding hydrogens is 1230 g/mol. The van der Waals surface area contributed by atoms with Gasteiger partial charge in [0, 0.05) is 0 Å². The monoisotopic (exact) mass is 1290 g/mol. The van der Waals surface area contributed by atoms with Gasteiger partial charge in [0.25, 0.3) is 0 Å². The van der Waals surface area contributed by atoms with Gasteiger partial charge in [-0.05, 0) is 178 Å². The van der Waals surface area contributed by atoms with E-state index in [1.807, 2.05) is 0 Å². The molecule has 17 rings (SSSR count). The third-order valence-electron chi connectivity index (χ3n) is 19.9. The quantitative estimate of drug-likeness (QED) is 0.0904. The molecule has 0 aromatic heterocycles. The van der Waals surface area contributed by atoms with Crippen LogP contribution in [0.4, 0.5) is 0 Å². The lowest BCUT2D eigenvalue weighted by Crippen LogP contribution is -2.09. The second-order valence-electron chi connectivity index (χ2n) is 25.9. The van der Waals surface area contributed by atoms with E-state index in [1.165, 1.54) is 0 Å². The highest BCUT2D eigenvalue weighted by atomic mass is 14.4. The van der Waals surface area contributed by atoms with Gasteiger partial charge in [0.05, 0.1) is 0 Å². The van der Waals surface area contributed by atoms with E-state index in [9.17, 15) is 0 Å². The van der Waals surface area contributed by atoms with Gasteiger partial charge in [-0.3, -0.25) is 0 Å². The van der Waals surface area contributed by atoms with Crippen LogP contribution in [0.2, 0.25) is 0 Å². The Morgan fingerprint density at radius 1 is 0.0588 bits per heavy atom. The van der Waals surface area contributed by atoms with Crippen molar-refractivity contribution in [2.24, 2.45) is 0 Å². The summed E-state index contributed by atoms with van der Waals surface area (Å²) in [5.41, 5.74) is 35.3. The fourth-order valence-electron chi connectivity index (χ4n) is 15.8. The minimum Gasteiger partial charge on any atom is -0.0622 e. The van der Waals surface area contributed by atoms with Crippen molar-refractivity contribution in [3.05, 3.63) is 425 Å². The first kappa shape index (κ1) is 62.3. The highest BCUT2D eigenvalue weighted by Gasteiger charge is 2.39. The van der Waals surface area contributed by atoms with Gasteiger partial charge >= 0.3 is 0 Å². The summed E-state index contributed by atoms with van der Waals surface area (Å²) in [6, 6.07) is 158. The molecule has 0 heterocycles. The largest absolute Gasteiger partial charge is 0.0622 e. The van der Waals surface area contributed by atoms with Crippen molar-refractivity contribution >= 4 is 0 Å². The van der Waals surface area contributed by atoms with Gasteiger partial charge in [0.15, 0.2) is 0 Å². The van der Waals surface area contributed by atoms with Crippen molar-refractivity contribution in [3.8, 4) is 178 Å². The molecule has 0 aliphatic rings. The molecule has 478 valence electrons. The first-order valence-electron chi connectivity index (χ1n) is 35.2. The Hall–Kier alpha value is -13.3. The van der Waals surface area contributed by atoms with Gasteiger partial charge < -0.3 is 0 Å². The van der Waals surface area contributed by atoms with E-state index in [0.717, 1.165) is 178 Å². The number of rotatable bonds is 16. The minimum atomic E-state index is 1.08. The van der Waals surface area contributed by atoms with Gasteiger partial charge in [0.2, 0.25) is 0 Å². The molecule has 0 N–H and O–H groups in total. The molecule has 102 heavy (non-hydrogen) atoms. The van der Waals surface area contributed by atoms with E-state index in [-0.39, 0.29) is 0 Å². The maximum Gasteiger partial charge on any atom is -0.0000483 e. The van der Waals surface area contributed by atoms with Crippen LogP contribution in [0.3, 0.4) is 0 Å². The molecule has 0 saturated carbocycles. The predicted octanol–water partition coefficient (Wildman–Crippen LogP) is 28.4. The van der Waals surface area contributed by atoms with Crippen LogP contribution in [-0.4, -0.2) is 0 Å². The van der Waals surface area contributed by atoms with E-state index < -0.39 is 0 Å². The van der Waals surface area contributed by atoms with Crippen LogP contribution in [0, 0.1) is 0 Å². The molecule has 17 aromatic carbocycles. The molecule has 0 bridgehead atoms. The van der Waals surface area contributed by atoms with Crippen molar-refractivity contribution in [2.45, 2.75) is 0 Å². The standard InChI is InChI=1S/C102H70/c1-15-43-71(44-16-1)85-87(73-47-19-3-20-48-73)93(79-59-31-9-32-60-79)99(94(80-61-33-10-34-62-80)88(85)74-49-21-4-22-50-74)101-97(83-67-39-13-40-68-83)91(77-55-27-7-28-56-77)92(78-57-29-8-30-58-78)98(84-69-41-14-42-70-84)102(101)100-95(81-63-35-11-36-64-81)89(75-51-23-5-24-52-75)86(72-45-17-2-18-46-72)90(76-53-25-6-26-54-76)96(100)82-65-37-12-38-66-82/h1-70H. The fraction of sp³-hybridized carbons (Fsp3) is 0. The molecule has 0 amide bonds. The van der Waals surface area contributed by atoms with Crippen molar-refractivity contribution in [3.63, 3.8) is 0 Å². The topological polar surface area (TPSA) is 0 Å². The Bertz CT molecular complexity index is 5150. The second kappa shape index (κ2) is 28.3. The third-order valence-corrected chi connectivity index (χ3v) is 19.9. The molecule has 0 saturated heterocycles. The van der Waals surface area contributed by atoms with Crippen LogP contribution in [0.5, 0.6) is 0 Å². The average molecular weight is 1300 g/mol. The molecule has 0 radical (unpaired) electrons. The zero-order chi connectivity index (χ0) is 68.0. The highest BCUT2D eigenvalue weighted by Crippen LogP contribution is 2.66. The molecule has 0 atom stereocenters. The Labute approximate surface area is 598 Å². The highest BCUT2D eigenvalue weighted by molar-refractivity contribution is 6.27. The van der Waals surface area contributed by atoms with Crippen molar-refractivity contribution < 1.29 is 0 Å². The van der Waals surface area contributed by atoms with Crippen LogP contribution in [-0.2, 0) is 0 Å². The Balaban J connectivity index is 1.31. The lowest BCUT2D eigenvalue weighted by Gasteiger charge is -2.36. The summed E-state index contributed by atoms with van der Waals surface area (Å²) in [5.74, 6) is 0. The lowest BCUT2D eigenvalue weighted by molar-refractivity contribution is 1.48. The smallest absolute Gasteiger partial charge is 0.0000483 e. The Morgan fingerprint density at radius 3 is 0.196 bits per heavy atom. The van der Waals surface area contributed by atoms with Crippen molar-refractivity contribution in [1.82, 2.24) is 0 Å². The molecule has 0 unspecified atom stereocenters. The normalized spacial score (nSPS) is 11.1. The molecule has 0 spiro atoms. The van der Waals surface area contributed by atoms with Gasteiger partial charge in [-0.25, -0.2) is 0 Å². The first-order chi connectivity index (χ1) is 50.8. The summed E-state index contributed by atoms with van der Waals surface area (Å²) in [7, 11) is 0. The minimum absolute atomic E-state index is 1.08. The fourth-order valence-corrected chi connectivity index (χ4v) is 15.8. The molecule has 0 aliphatic carbocycles. The molecule has 0 aliphatic heterocycles. The summed E-state index contributed by atoms with van der Waals surface area (Å²) in [6.07, 6.45) is 0. The van der Waals surface area contributed by atoms with E-state index in [2.05, 4.69) is 425 Å². The Morgan fingerprint density at radius 2 is 0.118 bits per heavy atom. The maximum atomic E-state index is 2.37. The van der Waals surface area contributed by atoms with Crippen LogP contribution < -0.4 is 0 Å². The average Bonchev–Trinajstić information content (AvgIpc) is 0.695. The molecule has 17 aromatic rings. The first-order valence-corrected chi connectivity index (χ1v) is 35.2. The molecule has 0 heteroatoms. The van der Waals surface area contributed by atoms with Gasteiger partial charge in [-0.2, -0.15) is 0 Å². The second-order valence-corrected chi connectivity index (χ2v) is 25.9. The predicted molar refractivity (Wildman–Crippen MR) is 433 cm³/mol. The third kappa shape index (κ3) is 11.6. The zero-order valence-electron chi connectivity index (χ0n) is 56.4. The number of hydrogen-bond donors (Lipinski definition) is 0. The van der Waals surface area contributed by atoms with E-state index >= 15 is 0 Å². The van der Waals surface area contributed by atoms with E-state index in [1.54, 1.807) is 0 Å². The number of benzene rings is 17. The lowest BCUT2D eigenvalue weighted by atomic mass is 9.66. The number of hydrogen-bond acceptors (Lipinski definition) is 0. The maximum absolute atomic E-state index is 2.37. The van der Waals surface area contributed by atoms with Gasteiger partial charge in [-0.15, -0.1) is 0 Å². The van der Waals surface area contributed by atoms with E-state index in [0.29, 0.717) is 0 Å². The van der Waals surface area contributed by atoms with Crippen LogP contribution >= 0.6 is 0 Å². The van der Waals surface area contributed by atoms with Crippen molar-refractivity contribution in [1.29, 1.82) is 0 Å². The van der Waals surface area contributed by atoms with Crippen LogP contribution in [0.25, 0.3) is 178 Å². The summed E-state index contributed by atoms with van der Waals surface area (Å²) in [6.45, 7) is 0. The van der Waals surface area contributed by atoms with Gasteiger partial charge in [-0.1, -0.05) is 425 Å². The summed E-state index contributed by atoms with van der Waals surface area (Å²) >= 11 is 0. The summed E-state index contributed by atoms with van der Waals surface area (Å²) in [5, 5.41) is 0. The molecule has 0 nitrogen and oxygen atoms in total. The molecule has 0 fully saturated rings. The van der Waals surface area contributed by atoms with E-state index in [4.69, 9.17) is 0 Å². The Kier molecular flexibility index (Phi) is 17.3. The van der Waals surface area contributed by atoms with Crippen LogP contribution in [0.15, 0.2) is 425 Å². The zero-order valence-corrected chi connectivity index (χ0v) is 56.4. The van der Waals surface area contributed by atoms with Gasteiger partial charge in [0.1, 0.15) is 0 Å². The van der Waals surface area contributed by atoms with Crippen LogP contribution in [0.1, 0.15) is 0 Å². The summed E-state index contributed by atoms with van der Waals surface area (Å²) < 4.78 is 0. The summed E-state index contributed by atoms with van der Waals surface area (Å²) in [4.78, 5) is 0.